The molecule has 0 N–H and O–H groups in total. The molecule has 2 aromatic rings. The highest BCUT2D eigenvalue weighted by molar-refractivity contribution is 7.81. The summed E-state index contributed by atoms with van der Waals surface area (Å²) < 4.78 is 2.23. The van der Waals surface area contributed by atoms with Gasteiger partial charge in [0.25, 0.3) is 5.56 Å². The fraction of sp³-hybridized carbons (Fsp3) is 0.333. The van der Waals surface area contributed by atoms with Gasteiger partial charge in [0.1, 0.15) is 4.70 Å². The summed E-state index contributed by atoms with van der Waals surface area (Å²) in [6, 6.07) is 1.84. The van der Waals surface area contributed by atoms with E-state index in [4.69, 9.17) is 0 Å². The zero-order chi connectivity index (χ0) is 10.3. The zero-order valence-corrected chi connectivity index (χ0v) is 9.60. The molecule has 0 atom stereocenters. The van der Waals surface area contributed by atoms with E-state index in [1.807, 2.05) is 25.3 Å². The fourth-order valence-corrected chi connectivity index (χ4v) is 2.15. The maximum absolute atomic E-state index is 11.9. The van der Waals surface area contributed by atoms with E-state index in [1.54, 1.807) is 6.33 Å². The highest BCUT2D eigenvalue weighted by atomic mass is 32.1. The highest BCUT2D eigenvalue weighted by Gasteiger charge is 2.17. The molecule has 0 amide bonds. The fourth-order valence-electron chi connectivity index (χ4n) is 1.24. The minimum atomic E-state index is -0.512. The maximum atomic E-state index is 11.9. The second-order valence-corrected chi connectivity index (χ2v) is 5.56. The Balaban J connectivity index is 2.81. The Hall–Kier alpha value is -0.810. The SMILES string of the molecule is CC(C)(S)n1cnc2ccsc2c1=O. The van der Waals surface area contributed by atoms with E-state index in [9.17, 15) is 4.79 Å². The Morgan fingerprint density at radius 2 is 2.29 bits per heavy atom. The predicted octanol–water partition coefficient (Wildman–Crippen LogP) is 2.08. The average molecular weight is 226 g/mol. The van der Waals surface area contributed by atoms with Crippen molar-refractivity contribution in [2.45, 2.75) is 18.7 Å². The van der Waals surface area contributed by atoms with Crippen LogP contribution in [0.2, 0.25) is 0 Å². The molecule has 0 saturated carbocycles. The van der Waals surface area contributed by atoms with Crippen molar-refractivity contribution in [3.8, 4) is 0 Å². The van der Waals surface area contributed by atoms with Gasteiger partial charge in [-0.15, -0.1) is 11.3 Å². The quantitative estimate of drug-likeness (QED) is 0.756. The second kappa shape index (κ2) is 3.10. The predicted molar refractivity (Wildman–Crippen MR) is 62.2 cm³/mol. The number of thiophene rings is 1. The lowest BCUT2D eigenvalue weighted by molar-refractivity contribution is 0.519. The summed E-state index contributed by atoms with van der Waals surface area (Å²) in [5.74, 6) is 0. The molecule has 5 heteroatoms. The molecule has 2 rings (SSSR count). The van der Waals surface area contributed by atoms with Crippen LogP contribution in [0.3, 0.4) is 0 Å². The van der Waals surface area contributed by atoms with Gasteiger partial charge in [0.15, 0.2) is 0 Å². The van der Waals surface area contributed by atoms with Gasteiger partial charge < -0.3 is 0 Å². The van der Waals surface area contributed by atoms with Crippen LogP contribution in [0.15, 0.2) is 22.6 Å². The number of aromatic nitrogens is 2. The summed E-state index contributed by atoms with van der Waals surface area (Å²) in [5, 5.41) is 1.87. The number of fused-ring (bicyclic) bond motifs is 1. The van der Waals surface area contributed by atoms with Gasteiger partial charge in [0.2, 0.25) is 0 Å². The molecular weight excluding hydrogens is 216 g/mol. The zero-order valence-electron chi connectivity index (χ0n) is 7.89. The smallest absolute Gasteiger partial charge is 0.272 e. The van der Waals surface area contributed by atoms with Crippen molar-refractivity contribution < 1.29 is 0 Å². The van der Waals surface area contributed by atoms with Gasteiger partial charge in [0.05, 0.1) is 16.7 Å². The first-order valence-electron chi connectivity index (χ1n) is 4.18. The maximum Gasteiger partial charge on any atom is 0.272 e. The largest absolute Gasteiger partial charge is 0.283 e. The molecule has 0 fully saturated rings. The topological polar surface area (TPSA) is 34.9 Å². The molecule has 0 saturated heterocycles. The van der Waals surface area contributed by atoms with Crippen molar-refractivity contribution in [1.82, 2.24) is 9.55 Å². The van der Waals surface area contributed by atoms with Crippen LogP contribution in [-0.4, -0.2) is 9.55 Å². The summed E-state index contributed by atoms with van der Waals surface area (Å²) >= 11 is 5.76. The van der Waals surface area contributed by atoms with E-state index < -0.39 is 4.87 Å². The van der Waals surface area contributed by atoms with Crippen LogP contribution < -0.4 is 5.56 Å². The first-order chi connectivity index (χ1) is 6.50. The van der Waals surface area contributed by atoms with E-state index in [0.717, 1.165) is 5.52 Å². The molecule has 3 nitrogen and oxygen atoms in total. The number of rotatable bonds is 1. The third kappa shape index (κ3) is 1.46. The Bertz CT molecular complexity index is 521. The van der Waals surface area contributed by atoms with E-state index in [-0.39, 0.29) is 5.56 Å². The van der Waals surface area contributed by atoms with Crippen LogP contribution in [0.25, 0.3) is 10.2 Å². The number of hydrogen-bond acceptors (Lipinski definition) is 4. The van der Waals surface area contributed by atoms with Gasteiger partial charge in [-0.05, 0) is 25.3 Å². The first-order valence-corrected chi connectivity index (χ1v) is 5.50. The van der Waals surface area contributed by atoms with Crippen LogP contribution in [0.1, 0.15) is 13.8 Å². The molecule has 0 aromatic carbocycles. The summed E-state index contributed by atoms with van der Waals surface area (Å²) in [5.41, 5.74) is 0.735. The van der Waals surface area contributed by atoms with Crippen molar-refractivity contribution in [2.24, 2.45) is 0 Å². The summed E-state index contributed by atoms with van der Waals surface area (Å²) in [7, 11) is 0. The van der Waals surface area contributed by atoms with Gasteiger partial charge in [-0.1, -0.05) is 0 Å². The number of hydrogen-bond donors (Lipinski definition) is 1. The van der Waals surface area contributed by atoms with E-state index in [0.29, 0.717) is 4.70 Å². The van der Waals surface area contributed by atoms with E-state index in [2.05, 4.69) is 17.6 Å². The molecule has 2 aromatic heterocycles. The molecule has 0 aliphatic carbocycles. The molecule has 0 spiro atoms. The van der Waals surface area contributed by atoms with Crippen molar-refractivity contribution in [3.63, 3.8) is 0 Å². The Kier molecular flexibility index (Phi) is 2.16. The summed E-state index contributed by atoms with van der Waals surface area (Å²) in [6.07, 6.45) is 1.55. The summed E-state index contributed by atoms with van der Waals surface area (Å²) in [6.45, 7) is 3.72. The third-order valence-corrected chi connectivity index (χ3v) is 3.07. The molecule has 0 aliphatic rings. The number of thiol groups is 1. The van der Waals surface area contributed by atoms with Gasteiger partial charge in [-0.25, -0.2) is 4.98 Å². The lowest BCUT2D eigenvalue weighted by atomic mass is 10.3. The molecule has 2 heterocycles. The lowest BCUT2D eigenvalue weighted by Gasteiger charge is -2.20. The van der Waals surface area contributed by atoms with Crippen LogP contribution >= 0.6 is 24.0 Å². The van der Waals surface area contributed by atoms with Crippen molar-refractivity contribution in [1.29, 1.82) is 0 Å². The van der Waals surface area contributed by atoms with Crippen LogP contribution in [0.4, 0.5) is 0 Å². The molecule has 74 valence electrons. The van der Waals surface area contributed by atoms with Crippen LogP contribution in [0.5, 0.6) is 0 Å². The van der Waals surface area contributed by atoms with Crippen molar-refractivity contribution in [2.75, 3.05) is 0 Å². The molecule has 0 unspecified atom stereocenters. The standard InChI is InChI=1S/C9H10N2OS2/c1-9(2,13)11-5-10-6-3-4-14-7(6)8(11)12/h3-5,13H,1-2H3. The molecule has 14 heavy (non-hydrogen) atoms. The third-order valence-electron chi connectivity index (χ3n) is 1.96. The minimum absolute atomic E-state index is 0.0231. The van der Waals surface area contributed by atoms with Crippen LogP contribution in [0, 0.1) is 0 Å². The van der Waals surface area contributed by atoms with Gasteiger partial charge >= 0.3 is 0 Å². The second-order valence-electron chi connectivity index (χ2n) is 3.55. The lowest BCUT2D eigenvalue weighted by Crippen LogP contribution is -2.31. The van der Waals surface area contributed by atoms with E-state index >= 15 is 0 Å². The van der Waals surface area contributed by atoms with Crippen molar-refractivity contribution in [3.05, 3.63) is 28.1 Å². The molecular formula is C9H10N2OS2. The van der Waals surface area contributed by atoms with Crippen LogP contribution in [-0.2, 0) is 4.87 Å². The Morgan fingerprint density at radius 3 is 2.93 bits per heavy atom. The van der Waals surface area contributed by atoms with Gasteiger partial charge in [0, 0.05) is 0 Å². The number of nitrogens with zero attached hydrogens (tertiary/aromatic N) is 2. The van der Waals surface area contributed by atoms with E-state index in [1.165, 1.54) is 15.9 Å². The first kappa shape index (κ1) is 9.73. The minimum Gasteiger partial charge on any atom is -0.283 e. The summed E-state index contributed by atoms with van der Waals surface area (Å²) in [4.78, 5) is 15.6. The Labute approximate surface area is 90.8 Å². The average Bonchev–Trinajstić information content (AvgIpc) is 2.50. The molecule has 0 aliphatic heterocycles. The monoisotopic (exact) mass is 226 g/mol. The molecule has 0 radical (unpaired) electrons. The van der Waals surface area contributed by atoms with Gasteiger partial charge in [-0.2, -0.15) is 12.6 Å². The normalized spacial score (nSPS) is 12.2. The van der Waals surface area contributed by atoms with Gasteiger partial charge in [-0.3, -0.25) is 9.36 Å². The highest BCUT2D eigenvalue weighted by Crippen LogP contribution is 2.19. The van der Waals surface area contributed by atoms with Crippen molar-refractivity contribution >= 4 is 34.2 Å². The Morgan fingerprint density at radius 1 is 1.57 bits per heavy atom. The molecule has 0 bridgehead atoms.